The molecule has 0 saturated heterocycles. The second kappa shape index (κ2) is 7.59. The molecule has 2 rings (SSSR count). The number of benzene rings is 2. The van der Waals surface area contributed by atoms with Crippen LogP contribution in [0.2, 0.25) is 0 Å². The van der Waals surface area contributed by atoms with Gasteiger partial charge in [0.2, 0.25) is 0 Å². The molecule has 0 amide bonds. The molecule has 0 aliphatic heterocycles. The maximum Gasteiger partial charge on any atom is 0.161 e. The molecule has 0 bridgehead atoms. The number of methoxy groups -OCH3 is 1. The molecule has 3 nitrogen and oxygen atoms in total. The first-order valence-electron chi connectivity index (χ1n) is 6.61. The third-order valence-electron chi connectivity index (χ3n) is 2.92. The van der Waals surface area contributed by atoms with Crippen LogP contribution in [0.5, 0.6) is 11.5 Å². The molecule has 0 heterocycles. The monoisotopic (exact) mass is 293 g/mol. The first kappa shape index (κ1) is 15.3. The third-order valence-corrected chi connectivity index (χ3v) is 2.92. The van der Waals surface area contributed by atoms with Gasteiger partial charge in [-0.15, -0.1) is 0 Å². The number of hydrogen-bond acceptors (Lipinski definition) is 3. The van der Waals surface area contributed by atoms with E-state index in [0.717, 1.165) is 6.07 Å². The van der Waals surface area contributed by atoms with E-state index in [1.807, 2.05) is 24.3 Å². The molecule has 0 aromatic heterocycles. The molecule has 0 unspecified atom stereocenters. The Morgan fingerprint density at radius 2 is 1.76 bits per heavy atom. The van der Waals surface area contributed by atoms with Crippen molar-refractivity contribution in [1.82, 2.24) is 5.32 Å². The van der Waals surface area contributed by atoms with Gasteiger partial charge >= 0.3 is 0 Å². The fourth-order valence-corrected chi connectivity index (χ4v) is 1.85. The van der Waals surface area contributed by atoms with Crippen molar-refractivity contribution in [1.29, 1.82) is 0 Å². The van der Waals surface area contributed by atoms with E-state index < -0.39 is 11.6 Å². The highest BCUT2D eigenvalue weighted by atomic mass is 19.2. The number of ether oxygens (including phenoxy) is 2. The van der Waals surface area contributed by atoms with E-state index in [-0.39, 0.29) is 0 Å². The Hall–Kier alpha value is -2.14. The Kier molecular flexibility index (Phi) is 5.51. The molecule has 0 aliphatic rings. The van der Waals surface area contributed by atoms with Crippen LogP contribution in [-0.4, -0.2) is 20.3 Å². The molecule has 0 fully saturated rings. The Morgan fingerprint density at radius 1 is 1.00 bits per heavy atom. The lowest BCUT2D eigenvalue weighted by Gasteiger charge is -2.11. The normalized spacial score (nSPS) is 10.4. The van der Waals surface area contributed by atoms with Gasteiger partial charge in [-0.05, 0) is 29.8 Å². The number of nitrogens with one attached hydrogen (secondary N) is 1. The fraction of sp³-hybridized carbons (Fsp3) is 0.250. The van der Waals surface area contributed by atoms with Crippen molar-refractivity contribution >= 4 is 0 Å². The third kappa shape index (κ3) is 4.43. The summed E-state index contributed by atoms with van der Waals surface area (Å²) in [6.07, 6.45) is 0. The summed E-state index contributed by atoms with van der Waals surface area (Å²) in [7, 11) is 1.59. The number of rotatable bonds is 7. The molecule has 0 saturated carbocycles. The Bertz CT molecular complexity index is 590. The quantitative estimate of drug-likeness (QED) is 0.796. The number of para-hydroxylation sites is 2. The van der Waals surface area contributed by atoms with Crippen molar-refractivity contribution in [3.05, 3.63) is 59.7 Å². The standard InChI is InChI=1S/C16H17F2NO2/c1-20-15-4-2-3-5-16(15)21-9-8-19-11-12-6-7-13(17)14(18)10-12/h2-7,10,19H,8-9,11H2,1H3. The van der Waals surface area contributed by atoms with Gasteiger partial charge in [0.15, 0.2) is 23.1 Å². The Morgan fingerprint density at radius 3 is 2.48 bits per heavy atom. The molecule has 2 aromatic rings. The van der Waals surface area contributed by atoms with Crippen molar-refractivity contribution < 1.29 is 18.3 Å². The molecule has 21 heavy (non-hydrogen) atoms. The van der Waals surface area contributed by atoms with Gasteiger partial charge in [0.1, 0.15) is 6.61 Å². The molecule has 0 atom stereocenters. The van der Waals surface area contributed by atoms with Crippen LogP contribution >= 0.6 is 0 Å². The average molecular weight is 293 g/mol. The minimum absolute atomic E-state index is 0.448. The number of halogens is 2. The first-order valence-corrected chi connectivity index (χ1v) is 6.61. The van der Waals surface area contributed by atoms with Crippen LogP contribution < -0.4 is 14.8 Å². The molecule has 0 spiro atoms. The molecular weight excluding hydrogens is 276 g/mol. The highest BCUT2D eigenvalue weighted by Crippen LogP contribution is 2.25. The van der Waals surface area contributed by atoms with Gasteiger partial charge in [-0.2, -0.15) is 0 Å². The second-order valence-electron chi connectivity index (χ2n) is 4.42. The van der Waals surface area contributed by atoms with Crippen LogP contribution in [0.25, 0.3) is 0 Å². The fourth-order valence-electron chi connectivity index (χ4n) is 1.85. The highest BCUT2D eigenvalue weighted by molar-refractivity contribution is 5.39. The number of hydrogen-bond donors (Lipinski definition) is 1. The molecule has 2 aromatic carbocycles. The highest BCUT2D eigenvalue weighted by Gasteiger charge is 2.03. The van der Waals surface area contributed by atoms with Gasteiger partial charge < -0.3 is 14.8 Å². The average Bonchev–Trinajstić information content (AvgIpc) is 2.51. The minimum Gasteiger partial charge on any atom is -0.493 e. The summed E-state index contributed by atoms with van der Waals surface area (Å²) in [5.74, 6) is -0.314. The summed E-state index contributed by atoms with van der Waals surface area (Å²) in [6, 6.07) is 11.2. The molecule has 5 heteroatoms. The molecule has 0 aliphatic carbocycles. The van der Waals surface area contributed by atoms with E-state index in [0.29, 0.717) is 36.8 Å². The van der Waals surface area contributed by atoms with Crippen LogP contribution in [0.15, 0.2) is 42.5 Å². The van der Waals surface area contributed by atoms with Crippen LogP contribution in [0.3, 0.4) is 0 Å². The van der Waals surface area contributed by atoms with Gasteiger partial charge in [-0.3, -0.25) is 0 Å². The lowest BCUT2D eigenvalue weighted by atomic mass is 10.2. The van der Waals surface area contributed by atoms with Gasteiger partial charge in [0, 0.05) is 13.1 Å². The summed E-state index contributed by atoms with van der Waals surface area (Å²) in [5.41, 5.74) is 0.686. The smallest absolute Gasteiger partial charge is 0.161 e. The second-order valence-corrected chi connectivity index (χ2v) is 4.42. The first-order chi connectivity index (χ1) is 10.2. The Labute approximate surface area is 122 Å². The van der Waals surface area contributed by atoms with Gasteiger partial charge in [0.05, 0.1) is 7.11 Å². The maximum absolute atomic E-state index is 13.0. The predicted octanol–water partition coefficient (Wildman–Crippen LogP) is 3.14. The lowest BCUT2D eigenvalue weighted by molar-refractivity contribution is 0.292. The van der Waals surface area contributed by atoms with Gasteiger partial charge in [-0.1, -0.05) is 18.2 Å². The van der Waals surface area contributed by atoms with Gasteiger partial charge in [0.25, 0.3) is 0 Å². The maximum atomic E-state index is 13.0. The van der Waals surface area contributed by atoms with E-state index in [9.17, 15) is 8.78 Å². The van der Waals surface area contributed by atoms with E-state index in [1.165, 1.54) is 6.07 Å². The molecular formula is C16H17F2NO2. The van der Waals surface area contributed by atoms with Crippen molar-refractivity contribution in [2.24, 2.45) is 0 Å². The molecule has 112 valence electrons. The van der Waals surface area contributed by atoms with Crippen molar-refractivity contribution in [2.45, 2.75) is 6.54 Å². The van der Waals surface area contributed by atoms with E-state index in [4.69, 9.17) is 9.47 Å². The van der Waals surface area contributed by atoms with Crippen LogP contribution in [0, 0.1) is 11.6 Å². The van der Waals surface area contributed by atoms with E-state index >= 15 is 0 Å². The minimum atomic E-state index is -0.835. The summed E-state index contributed by atoms with van der Waals surface area (Å²) in [6.45, 7) is 1.48. The lowest BCUT2D eigenvalue weighted by Crippen LogP contribution is -2.20. The van der Waals surface area contributed by atoms with Crippen LogP contribution in [-0.2, 0) is 6.54 Å². The summed E-state index contributed by atoms with van der Waals surface area (Å²) < 4.78 is 36.6. The summed E-state index contributed by atoms with van der Waals surface area (Å²) in [4.78, 5) is 0. The zero-order chi connectivity index (χ0) is 15.1. The van der Waals surface area contributed by atoms with Crippen molar-refractivity contribution in [3.8, 4) is 11.5 Å². The topological polar surface area (TPSA) is 30.5 Å². The van der Waals surface area contributed by atoms with Gasteiger partial charge in [-0.25, -0.2) is 8.78 Å². The molecule has 1 N–H and O–H groups in total. The van der Waals surface area contributed by atoms with Crippen LogP contribution in [0.1, 0.15) is 5.56 Å². The van der Waals surface area contributed by atoms with Crippen molar-refractivity contribution in [2.75, 3.05) is 20.3 Å². The summed E-state index contributed by atoms with van der Waals surface area (Å²) >= 11 is 0. The SMILES string of the molecule is COc1ccccc1OCCNCc1ccc(F)c(F)c1. The van der Waals surface area contributed by atoms with Crippen molar-refractivity contribution in [3.63, 3.8) is 0 Å². The zero-order valence-corrected chi connectivity index (χ0v) is 11.7. The van der Waals surface area contributed by atoms with E-state index in [2.05, 4.69) is 5.32 Å². The largest absolute Gasteiger partial charge is 0.493 e. The predicted molar refractivity (Wildman–Crippen MR) is 76.6 cm³/mol. The summed E-state index contributed by atoms with van der Waals surface area (Å²) in [5, 5.41) is 3.10. The Balaban J connectivity index is 1.73. The molecule has 0 radical (unpaired) electrons. The van der Waals surface area contributed by atoms with Crippen LogP contribution in [0.4, 0.5) is 8.78 Å². The zero-order valence-electron chi connectivity index (χ0n) is 11.7. The van der Waals surface area contributed by atoms with E-state index in [1.54, 1.807) is 13.2 Å².